The number of anilines is 1. The third kappa shape index (κ3) is 2.95. The Hall–Kier alpha value is -1.43. The second-order valence-electron chi connectivity index (χ2n) is 5.60. The zero-order valence-electron chi connectivity index (χ0n) is 13.1. The first kappa shape index (κ1) is 15.9. The number of thiazole rings is 1. The topological polar surface area (TPSA) is 59.5 Å². The quantitative estimate of drug-likeness (QED) is 0.617. The lowest BCUT2D eigenvalue weighted by Crippen LogP contribution is -2.26. The number of aromatic nitrogens is 1. The lowest BCUT2D eigenvalue weighted by atomic mass is 9.82. The number of methoxy groups -OCH3 is 1. The van der Waals surface area contributed by atoms with Crippen LogP contribution in [0.25, 0.3) is 0 Å². The molecule has 116 valence electrons. The first-order valence-electron chi connectivity index (χ1n) is 7.31. The van der Waals surface area contributed by atoms with Crippen LogP contribution in [0.2, 0.25) is 0 Å². The van der Waals surface area contributed by atoms with Crippen LogP contribution in [0.4, 0.5) is 5.13 Å². The molecule has 2 heterocycles. The summed E-state index contributed by atoms with van der Waals surface area (Å²) in [6.07, 6.45) is 3.39. The summed E-state index contributed by atoms with van der Waals surface area (Å²) in [5.74, 6) is -0.685. The van der Waals surface area contributed by atoms with E-state index in [9.17, 15) is 9.59 Å². The van der Waals surface area contributed by atoms with Crippen molar-refractivity contribution in [1.29, 1.82) is 0 Å². The smallest absolute Gasteiger partial charge is 0.358 e. The van der Waals surface area contributed by atoms with E-state index in [2.05, 4.69) is 23.7 Å². The van der Waals surface area contributed by atoms with Crippen LogP contribution >= 0.6 is 11.3 Å². The van der Waals surface area contributed by atoms with E-state index < -0.39 is 5.97 Å². The molecule has 0 bridgehead atoms. The molecule has 21 heavy (non-hydrogen) atoms. The summed E-state index contributed by atoms with van der Waals surface area (Å²) in [6.45, 7) is 7.75. The fraction of sp³-hybridized carbons (Fsp3) is 0.667. The van der Waals surface area contributed by atoms with E-state index in [1.807, 2.05) is 0 Å². The first-order chi connectivity index (χ1) is 9.96. The van der Waals surface area contributed by atoms with Crippen LogP contribution < -0.4 is 4.90 Å². The highest BCUT2D eigenvalue weighted by molar-refractivity contribution is 7.17. The zero-order chi connectivity index (χ0) is 15.6. The minimum Gasteiger partial charge on any atom is -0.464 e. The lowest BCUT2D eigenvalue weighted by Gasteiger charge is -2.26. The first-order valence-corrected chi connectivity index (χ1v) is 8.13. The molecule has 0 spiro atoms. The number of esters is 1. The van der Waals surface area contributed by atoms with E-state index in [0.717, 1.165) is 37.5 Å². The van der Waals surface area contributed by atoms with Crippen LogP contribution in [0.5, 0.6) is 0 Å². The summed E-state index contributed by atoms with van der Waals surface area (Å²) in [5.41, 5.74) is 0.475. The van der Waals surface area contributed by atoms with Gasteiger partial charge in [0.1, 0.15) is 4.88 Å². The number of carbonyl (C=O) groups is 2. The molecule has 0 saturated carbocycles. The molecule has 1 saturated heterocycles. The van der Waals surface area contributed by atoms with Gasteiger partial charge in [0.05, 0.1) is 7.11 Å². The Labute approximate surface area is 129 Å². The number of hydrogen-bond acceptors (Lipinski definition) is 6. The van der Waals surface area contributed by atoms with Crippen LogP contribution in [0.15, 0.2) is 0 Å². The predicted molar refractivity (Wildman–Crippen MR) is 83.3 cm³/mol. The maximum Gasteiger partial charge on any atom is 0.358 e. The van der Waals surface area contributed by atoms with Crippen molar-refractivity contribution in [3.8, 4) is 0 Å². The van der Waals surface area contributed by atoms with E-state index in [-0.39, 0.29) is 11.5 Å². The lowest BCUT2D eigenvalue weighted by molar-refractivity contribution is 0.0591. The van der Waals surface area contributed by atoms with E-state index >= 15 is 0 Å². The number of rotatable bonds is 5. The Balaban J connectivity index is 2.30. The Kier molecular flexibility index (Phi) is 4.66. The molecule has 1 aliphatic heterocycles. The largest absolute Gasteiger partial charge is 0.464 e. The molecule has 2 rings (SSSR count). The molecule has 0 radical (unpaired) electrons. The van der Waals surface area contributed by atoms with Gasteiger partial charge in [-0.05, 0) is 24.7 Å². The molecule has 1 aromatic rings. The summed E-state index contributed by atoms with van der Waals surface area (Å²) in [5, 5.41) is 0.754. The summed E-state index contributed by atoms with van der Waals surface area (Å²) in [7, 11) is 1.31. The van der Waals surface area contributed by atoms with Crippen molar-refractivity contribution in [2.45, 2.75) is 40.0 Å². The molecule has 0 unspecified atom stereocenters. The summed E-state index contributed by atoms with van der Waals surface area (Å²) < 4.78 is 4.72. The summed E-state index contributed by atoms with van der Waals surface area (Å²) in [6, 6.07) is 0. The molecule has 1 fully saturated rings. The van der Waals surface area contributed by atoms with E-state index in [1.165, 1.54) is 25.4 Å². The SMILES string of the molecule is CCC1(CC)CCN(c2nc(C(=O)OC)c(C(C)=O)s2)C1. The molecule has 1 aromatic heterocycles. The summed E-state index contributed by atoms with van der Waals surface area (Å²) in [4.78, 5) is 30.4. The normalized spacial score (nSPS) is 17.0. The minimum atomic E-state index is -0.542. The van der Waals surface area contributed by atoms with Crippen molar-refractivity contribution >= 4 is 28.2 Å². The highest BCUT2D eigenvalue weighted by Crippen LogP contribution is 2.40. The van der Waals surface area contributed by atoms with Gasteiger partial charge < -0.3 is 9.64 Å². The average Bonchev–Trinajstić information content (AvgIpc) is 3.11. The van der Waals surface area contributed by atoms with Gasteiger partial charge in [0.25, 0.3) is 0 Å². The molecule has 0 atom stereocenters. The zero-order valence-corrected chi connectivity index (χ0v) is 13.9. The summed E-state index contributed by atoms with van der Waals surface area (Å²) >= 11 is 1.29. The van der Waals surface area contributed by atoms with Gasteiger partial charge in [-0.1, -0.05) is 25.2 Å². The van der Waals surface area contributed by atoms with Gasteiger partial charge in [0.15, 0.2) is 16.6 Å². The molecular formula is C15H22N2O3S. The Morgan fingerprint density at radius 1 is 1.38 bits per heavy atom. The van der Waals surface area contributed by atoms with Gasteiger partial charge in [-0.15, -0.1) is 0 Å². The van der Waals surface area contributed by atoms with E-state index in [0.29, 0.717) is 10.3 Å². The van der Waals surface area contributed by atoms with Crippen LogP contribution in [-0.4, -0.2) is 36.9 Å². The molecule has 0 amide bonds. The van der Waals surface area contributed by atoms with Crippen LogP contribution in [-0.2, 0) is 4.74 Å². The molecule has 6 heteroatoms. The van der Waals surface area contributed by atoms with Crippen LogP contribution in [0, 0.1) is 5.41 Å². The van der Waals surface area contributed by atoms with Crippen LogP contribution in [0.1, 0.15) is 60.2 Å². The number of Topliss-reactive ketones (excluding diaryl/α,β-unsaturated/α-hetero) is 1. The van der Waals surface area contributed by atoms with E-state index in [1.54, 1.807) is 0 Å². The highest BCUT2D eigenvalue weighted by atomic mass is 32.1. The second-order valence-corrected chi connectivity index (χ2v) is 6.58. The molecule has 0 N–H and O–H groups in total. The Morgan fingerprint density at radius 3 is 2.52 bits per heavy atom. The number of ketones is 1. The maximum absolute atomic E-state index is 11.8. The maximum atomic E-state index is 11.8. The monoisotopic (exact) mass is 310 g/mol. The van der Waals surface area contributed by atoms with Gasteiger partial charge in [-0.3, -0.25) is 4.79 Å². The Morgan fingerprint density at radius 2 is 2.05 bits per heavy atom. The third-order valence-corrected chi connectivity index (χ3v) is 5.74. The third-order valence-electron chi connectivity index (χ3n) is 4.52. The van der Waals surface area contributed by atoms with Gasteiger partial charge >= 0.3 is 5.97 Å². The van der Waals surface area contributed by atoms with Crippen molar-refractivity contribution in [2.24, 2.45) is 5.41 Å². The Bertz CT molecular complexity index is 549. The molecule has 1 aliphatic rings. The highest BCUT2D eigenvalue weighted by Gasteiger charge is 2.37. The molecule has 0 aliphatic carbocycles. The van der Waals surface area contributed by atoms with Crippen molar-refractivity contribution in [2.75, 3.05) is 25.1 Å². The number of carbonyl (C=O) groups excluding carboxylic acids is 2. The van der Waals surface area contributed by atoms with Gasteiger partial charge in [-0.2, -0.15) is 0 Å². The number of nitrogens with zero attached hydrogens (tertiary/aromatic N) is 2. The van der Waals surface area contributed by atoms with Crippen molar-refractivity contribution < 1.29 is 14.3 Å². The minimum absolute atomic E-state index is 0.143. The van der Waals surface area contributed by atoms with Gasteiger partial charge in [0.2, 0.25) is 0 Å². The predicted octanol–water partition coefficient (Wildman–Crippen LogP) is 3.15. The van der Waals surface area contributed by atoms with Gasteiger partial charge in [-0.25, -0.2) is 9.78 Å². The second kappa shape index (κ2) is 6.13. The molecule has 0 aromatic carbocycles. The van der Waals surface area contributed by atoms with Crippen LogP contribution in [0.3, 0.4) is 0 Å². The standard InChI is InChI=1S/C15H22N2O3S/c1-5-15(6-2)7-8-17(9-15)14-16-11(13(19)20-4)12(21-14)10(3)18/h5-9H2,1-4H3. The average molecular weight is 310 g/mol. The van der Waals surface area contributed by atoms with Crippen molar-refractivity contribution in [3.05, 3.63) is 10.6 Å². The van der Waals surface area contributed by atoms with Gasteiger partial charge in [0, 0.05) is 20.0 Å². The van der Waals surface area contributed by atoms with Crippen molar-refractivity contribution in [3.63, 3.8) is 0 Å². The number of ether oxygens (including phenoxy) is 1. The fourth-order valence-electron chi connectivity index (χ4n) is 2.84. The number of hydrogen-bond donors (Lipinski definition) is 0. The van der Waals surface area contributed by atoms with E-state index in [4.69, 9.17) is 4.74 Å². The molecular weight excluding hydrogens is 288 g/mol. The van der Waals surface area contributed by atoms with Crippen molar-refractivity contribution in [1.82, 2.24) is 4.98 Å². The molecule has 5 nitrogen and oxygen atoms in total. The fourth-order valence-corrected chi connectivity index (χ4v) is 3.82.